The highest BCUT2D eigenvalue weighted by atomic mass is 19.4. The second-order valence-corrected chi connectivity index (χ2v) is 5.06. The summed E-state index contributed by atoms with van der Waals surface area (Å²) in [6.45, 7) is 4.97. The van der Waals surface area contributed by atoms with E-state index in [0.717, 1.165) is 18.9 Å². The fraction of sp³-hybridized carbons (Fsp3) is 0.357. The molecule has 1 fully saturated rings. The molecule has 0 saturated heterocycles. The van der Waals surface area contributed by atoms with Gasteiger partial charge < -0.3 is 0 Å². The van der Waals surface area contributed by atoms with E-state index in [9.17, 15) is 18.0 Å². The molecule has 0 aliphatic heterocycles. The van der Waals surface area contributed by atoms with Gasteiger partial charge in [-0.25, -0.2) is 9.97 Å². The van der Waals surface area contributed by atoms with Gasteiger partial charge in [0.1, 0.15) is 5.82 Å². The van der Waals surface area contributed by atoms with Gasteiger partial charge in [-0.1, -0.05) is 12.7 Å². The van der Waals surface area contributed by atoms with Gasteiger partial charge in [-0.3, -0.25) is 9.36 Å². The van der Waals surface area contributed by atoms with E-state index < -0.39 is 11.9 Å². The van der Waals surface area contributed by atoms with Crippen LogP contribution in [0.15, 0.2) is 17.4 Å². The number of alkyl halides is 3. The molecule has 0 atom stereocenters. The van der Waals surface area contributed by atoms with Crippen molar-refractivity contribution in [1.82, 2.24) is 14.5 Å². The standard InChI is InChI=1S/C14H12F3N3O/c1-3-8-6-10-12(19-11(8)14(15,16)17)18-7(2)20(13(10)21)9-4-5-9/h3,6,9H,1,4-5H2,2H3. The molecular weight excluding hydrogens is 283 g/mol. The zero-order valence-corrected chi connectivity index (χ0v) is 11.2. The van der Waals surface area contributed by atoms with Crippen LogP contribution >= 0.6 is 0 Å². The monoisotopic (exact) mass is 295 g/mol. The smallest absolute Gasteiger partial charge is 0.293 e. The van der Waals surface area contributed by atoms with E-state index in [-0.39, 0.29) is 28.2 Å². The second kappa shape index (κ2) is 4.41. The summed E-state index contributed by atoms with van der Waals surface area (Å²) in [5, 5.41) is 0.0930. The third kappa shape index (κ3) is 2.22. The van der Waals surface area contributed by atoms with E-state index in [4.69, 9.17) is 0 Å². The van der Waals surface area contributed by atoms with Gasteiger partial charge in [0.15, 0.2) is 11.3 Å². The Kier molecular flexibility index (Phi) is 2.89. The lowest BCUT2D eigenvalue weighted by Crippen LogP contribution is -2.24. The average Bonchev–Trinajstić information content (AvgIpc) is 3.21. The van der Waals surface area contributed by atoms with Gasteiger partial charge in [-0.2, -0.15) is 13.2 Å². The third-order valence-electron chi connectivity index (χ3n) is 3.50. The molecule has 0 unspecified atom stereocenters. The molecule has 1 aliphatic carbocycles. The van der Waals surface area contributed by atoms with Gasteiger partial charge in [-0.05, 0) is 25.8 Å². The summed E-state index contributed by atoms with van der Waals surface area (Å²) in [7, 11) is 0. The van der Waals surface area contributed by atoms with Gasteiger partial charge in [0.25, 0.3) is 5.56 Å². The lowest BCUT2D eigenvalue weighted by Gasteiger charge is -2.13. The largest absolute Gasteiger partial charge is 0.434 e. The van der Waals surface area contributed by atoms with Crippen LogP contribution in [0.25, 0.3) is 17.1 Å². The molecule has 0 N–H and O–H groups in total. The van der Waals surface area contributed by atoms with Gasteiger partial charge in [0.05, 0.1) is 5.39 Å². The lowest BCUT2D eigenvalue weighted by molar-refractivity contribution is -0.141. The molecule has 7 heteroatoms. The first-order chi connectivity index (χ1) is 9.82. The van der Waals surface area contributed by atoms with Crippen LogP contribution < -0.4 is 5.56 Å². The molecule has 0 aromatic carbocycles. The van der Waals surface area contributed by atoms with Crippen molar-refractivity contribution in [2.75, 3.05) is 0 Å². The Morgan fingerprint density at radius 3 is 2.57 bits per heavy atom. The minimum Gasteiger partial charge on any atom is -0.293 e. The van der Waals surface area contributed by atoms with Crippen molar-refractivity contribution in [1.29, 1.82) is 0 Å². The Labute approximate surface area is 117 Å². The van der Waals surface area contributed by atoms with Crippen LogP contribution in [-0.4, -0.2) is 14.5 Å². The van der Waals surface area contributed by atoms with Crippen molar-refractivity contribution in [3.05, 3.63) is 40.1 Å². The van der Waals surface area contributed by atoms with Crippen molar-refractivity contribution in [2.24, 2.45) is 0 Å². The third-order valence-corrected chi connectivity index (χ3v) is 3.50. The maximum absolute atomic E-state index is 13.0. The van der Waals surface area contributed by atoms with Crippen LogP contribution in [0.1, 0.15) is 36.0 Å². The summed E-state index contributed by atoms with van der Waals surface area (Å²) >= 11 is 0. The highest BCUT2D eigenvalue weighted by Gasteiger charge is 2.36. The number of hydrogen-bond acceptors (Lipinski definition) is 3. The van der Waals surface area contributed by atoms with E-state index in [0.29, 0.717) is 5.82 Å². The molecular formula is C14H12F3N3O. The van der Waals surface area contributed by atoms with Gasteiger partial charge in [-0.15, -0.1) is 0 Å². The van der Waals surface area contributed by atoms with Crippen LogP contribution in [0.3, 0.4) is 0 Å². The van der Waals surface area contributed by atoms with Crippen LogP contribution in [0, 0.1) is 6.92 Å². The predicted molar refractivity (Wildman–Crippen MR) is 71.9 cm³/mol. The predicted octanol–water partition coefficient (Wildman–Crippen LogP) is 3.10. The molecule has 3 rings (SSSR count). The number of rotatable bonds is 2. The van der Waals surface area contributed by atoms with Gasteiger partial charge in [0.2, 0.25) is 0 Å². The highest BCUT2D eigenvalue weighted by molar-refractivity contribution is 5.77. The SMILES string of the molecule is C=Cc1cc2c(=O)n(C3CC3)c(C)nc2nc1C(F)(F)F. The topological polar surface area (TPSA) is 47.8 Å². The summed E-state index contributed by atoms with van der Waals surface area (Å²) in [6, 6.07) is 1.27. The molecule has 2 aromatic rings. The number of pyridine rings is 1. The minimum atomic E-state index is -4.61. The Balaban J connectivity index is 2.36. The van der Waals surface area contributed by atoms with Crippen LogP contribution in [-0.2, 0) is 6.18 Å². The van der Waals surface area contributed by atoms with Crippen LogP contribution in [0.5, 0.6) is 0 Å². The first-order valence-electron chi connectivity index (χ1n) is 6.46. The average molecular weight is 295 g/mol. The molecule has 110 valence electrons. The van der Waals surface area contributed by atoms with E-state index in [1.54, 1.807) is 6.92 Å². The number of fused-ring (bicyclic) bond motifs is 1. The zero-order chi connectivity index (χ0) is 15.4. The number of hydrogen-bond donors (Lipinski definition) is 0. The molecule has 0 spiro atoms. The molecule has 0 bridgehead atoms. The van der Waals surface area contributed by atoms with E-state index in [2.05, 4.69) is 16.5 Å². The molecule has 2 aromatic heterocycles. The van der Waals surface area contributed by atoms with Gasteiger partial charge in [0, 0.05) is 11.6 Å². The fourth-order valence-corrected chi connectivity index (χ4v) is 2.39. The fourth-order valence-electron chi connectivity index (χ4n) is 2.39. The summed E-state index contributed by atoms with van der Waals surface area (Å²) in [4.78, 5) is 20.0. The van der Waals surface area contributed by atoms with E-state index in [1.165, 1.54) is 10.6 Å². The Morgan fingerprint density at radius 1 is 1.38 bits per heavy atom. The zero-order valence-electron chi connectivity index (χ0n) is 11.2. The summed E-state index contributed by atoms with van der Waals surface area (Å²) in [6.07, 6.45) is -1.79. The Morgan fingerprint density at radius 2 is 2.05 bits per heavy atom. The summed E-state index contributed by atoms with van der Waals surface area (Å²) in [5.74, 6) is 0.391. The molecule has 21 heavy (non-hydrogen) atoms. The van der Waals surface area contributed by atoms with Gasteiger partial charge >= 0.3 is 6.18 Å². The van der Waals surface area contributed by atoms with Crippen molar-refractivity contribution in [3.8, 4) is 0 Å². The molecule has 2 heterocycles. The number of aryl methyl sites for hydroxylation is 1. The Hall–Kier alpha value is -2.18. The number of nitrogens with zero attached hydrogens (tertiary/aromatic N) is 3. The summed E-state index contributed by atoms with van der Waals surface area (Å²) < 4.78 is 40.4. The maximum atomic E-state index is 13.0. The minimum absolute atomic E-state index is 0.0930. The molecule has 0 amide bonds. The van der Waals surface area contributed by atoms with Crippen LogP contribution in [0.4, 0.5) is 13.2 Å². The van der Waals surface area contributed by atoms with Crippen molar-refractivity contribution >= 4 is 17.1 Å². The molecule has 1 saturated carbocycles. The van der Waals surface area contributed by atoms with Crippen molar-refractivity contribution < 1.29 is 13.2 Å². The Bertz CT molecular complexity index is 804. The maximum Gasteiger partial charge on any atom is 0.434 e. The summed E-state index contributed by atoms with van der Waals surface area (Å²) in [5.41, 5.74) is -1.79. The molecule has 1 aliphatic rings. The quantitative estimate of drug-likeness (QED) is 0.855. The highest BCUT2D eigenvalue weighted by Crippen LogP contribution is 2.35. The van der Waals surface area contributed by atoms with E-state index >= 15 is 0 Å². The number of aromatic nitrogens is 3. The normalized spacial score (nSPS) is 15.4. The lowest BCUT2D eigenvalue weighted by atomic mass is 10.1. The van der Waals surface area contributed by atoms with Crippen molar-refractivity contribution in [2.45, 2.75) is 32.0 Å². The van der Waals surface area contributed by atoms with Crippen molar-refractivity contribution in [3.63, 3.8) is 0 Å². The first kappa shape index (κ1) is 13.8. The molecule has 4 nitrogen and oxygen atoms in total. The van der Waals surface area contributed by atoms with Crippen LogP contribution in [0.2, 0.25) is 0 Å². The first-order valence-corrected chi connectivity index (χ1v) is 6.46. The molecule has 0 radical (unpaired) electrons. The number of halogens is 3. The van der Waals surface area contributed by atoms with E-state index in [1.807, 2.05) is 0 Å². The second-order valence-electron chi connectivity index (χ2n) is 5.06.